The van der Waals surface area contributed by atoms with Gasteiger partial charge >= 0.3 is 0 Å². The Bertz CT molecular complexity index is 933. The van der Waals surface area contributed by atoms with Gasteiger partial charge in [-0.3, -0.25) is 23.9 Å². The molecule has 4 atom stereocenters. The van der Waals surface area contributed by atoms with Crippen LogP contribution in [0.2, 0.25) is 0 Å². The summed E-state index contributed by atoms with van der Waals surface area (Å²) in [4.78, 5) is 36.5. The highest BCUT2D eigenvalue weighted by atomic mass is 32.1. The van der Waals surface area contributed by atoms with Crippen LogP contribution >= 0.6 is 11.3 Å². The summed E-state index contributed by atoms with van der Waals surface area (Å²) in [5, 5.41) is 8.40. The molecular weight excluding hydrogens is 376 g/mol. The molecule has 2 aromatic heterocycles. The molecule has 146 valence electrons. The van der Waals surface area contributed by atoms with E-state index in [-0.39, 0.29) is 35.5 Å². The number of nitrogens with zero attached hydrogens (tertiary/aromatic N) is 4. The number of carbonyl (C=O) groups is 2. The van der Waals surface area contributed by atoms with Crippen molar-refractivity contribution in [3.05, 3.63) is 35.6 Å². The molecule has 2 amide bonds. The Morgan fingerprint density at radius 2 is 2.00 bits per heavy atom. The first-order valence-electron chi connectivity index (χ1n) is 9.55. The van der Waals surface area contributed by atoms with E-state index in [1.807, 2.05) is 22.2 Å². The molecule has 2 fully saturated rings. The van der Waals surface area contributed by atoms with E-state index in [0.29, 0.717) is 25.6 Å². The van der Waals surface area contributed by atoms with E-state index in [0.717, 1.165) is 17.1 Å². The monoisotopic (exact) mass is 398 g/mol. The lowest BCUT2D eigenvalue weighted by Crippen LogP contribution is -2.43. The van der Waals surface area contributed by atoms with E-state index < -0.39 is 0 Å². The van der Waals surface area contributed by atoms with Crippen molar-refractivity contribution >= 4 is 34.1 Å². The fourth-order valence-corrected chi connectivity index (χ4v) is 5.45. The molecule has 1 saturated heterocycles. The number of allylic oxidation sites excluding steroid dienone is 2. The molecule has 2 bridgehead atoms. The highest BCUT2D eigenvalue weighted by molar-refractivity contribution is 7.15. The van der Waals surface area contributed by atoms with Crippen molar-refractivity contribution < 1.29 is 9.59 Å². The molecule has 2 aliphatic carbocycles. The van der Waals surface area contributed by atoms with Crippen LogP contribution < -0.4 is 10.6 Å². The zero-order valence-corrected chi connectivity index (χ0v) is 16.4. The molecule has 0 spiro atoms. The zero-order chi connectivity index (χ0) is 19.3. The summed E-state index contributed by atoms with van der Waals surface area (Å²) in [6.07, 6.45) is 9.15. The average Bonchev–Trinajstić information content (AvgIpc) is 3.47. The Morgan fingerprint density at radius 3 is 2.68 bits per heavy atom. The molecule has 4 unspecified atom stereocenters. The van der Waals surface area contributed by atoms with Gasteiger partial charge in [-0.25, -0.2) is 4.98 Å². The lowest BCUT2D eigenvalue weighted by molar-refractivity contribution is -0.140. The summed E-state index contributed by atoms with van der Waals surface area (Å²) in [5.41, 5.74) is 0.926. The number of aromatic nitrogens is 2. The van der Waals surface area contributed by atoms with Gasteiger partial charge in [0, 0.05) is 37.9 Å². The smallest absolute Gasteiger partial charge is 0.233 e. The Morgan fingerprint density at radius 1 is 1.25 bits per heavy atom. The fourth-order valence-electron chi connectivity index (χ4n) is 4.73. The molecule has 5 rings (SSSR count). The Labute approximate surface area is 166 Å². The van der Waals surface area contributed by atoms with E-state index in [1.165, 1.54) is 4.90 Å². The first kappa shape index (κ1) is 17.4. The Kier molecular flexibility index (Phi) is 4.19. The van der Waals surface area contributed by atoms with Crippen LogP contribution in [0.25, 0.3) is 4.96 Å². The number of likely N-dealkylation sites (tertiary alicyclic amines) is 1. The van der Waals surface area contributed by atoms with Crippen molar-refractivity contribution in [1.29, 1.82) is 0 Å². The maximum Gasteiger partial charge on any atom is 0.233 e. The third kappa shape index (κ3) is 2.72. The number of imidazole rings is 1. The second kappa shape index (κ2) is 6.73. The van der Waals surface area contributed by atoms with Crippen LogP contribution in [0.3, 0.4) is 0 Å². The number of nitrogens with one attached hydrogen (secondary N) is 2. The van der Waals surface area contributed by atoms with Gasteiger partial charge in [0.05, 0.1) is 24.1 Å². The maximum absolute atomic E-state index is 12.7. The third-order valence-corrected chi connectivity index (χ3v) is 6.76. The fraction of sp³-hybridized carbons (Fsp3) is 0.474. The minimum atomic E-state index is -0.130. The molecule has 8 nitrogen and oxygen atoms in total. The second-order valence-corrected chi connectivity index (χ2v) is 8.38. The molecule has 3 heterocycles. The van der Waals surface area contributed by atoms with Gasteiger partial charge in [0.2, 0.25) is 11.8 Å². The third-order valence-electron chi connectivity index (χ3n) is 5.99. The number of fused-ring (bicyclic) bond motifs is 6. The van der Waals surface area contributed by atoms with Crippen LogP contribution in [0, 0.1) is 23.7 Å². The maximum atomic E-state index is 12.7. The number of thiazole rings is 1. The van der Waals surface area contributed by atoms with Gasteiger partial charge in [0.1, 0.15) is 0 Å². The standard InChI is InChI=1S/C19H22N6O2S/c1-20-18(22-9-13-10-24-6-7-28-19(24)23-13)21-4-5-25-16(26)14-11-2-3-12(8-11)15(14)17(25)27/h2-3,6-7,10-12,14-15H,4-5,8-9H2,1H3,(H2,20,21,22). The van der Waals surface area contributed by atoms with Gasteiger partial charge in [0.25, 0.3) is 0 Å². The lowest BCUT2D eigenvalue weighted by Gasteiger charge is -2.18. The van der Waals surface area contributed by atoms with Crippen LogP contribution in [0.1, 0.15) is 12.1 Å². The second-order valence-electron chi connectivity index (χ2n) is 7.51. The van der Waals surface area contributed by atoms with Gasteiger partial charge in [-0.05, 0) is 18.3 Å². The largest absolute Gasteiger partial charge is 0.355 e. The van der Waals surface area contributed by atoms with Crippen LogP contribution in [0.5, 0.6) is 0 Å². The minimum Gasteiger partial charge on any atom is -0.355 e. The molecule has 0 radical (unpaired) electrons. The highest BCUT2D eigenvalue weighted by Crippen LogP contribution is 2.52. The molecule has 28 heavy (non-hydrogen) atoms. The molecule has 3 aliphatic rings. The number of guanidine groups is 1. The Hall–Kier alpha value is -2.68. The first-order valence-corrected chi connectivity index (χ1v) is 10.4. The topological polar surface area (TPSA) is 91.1 Å². The van der Waals surface area contributed by atoms with Crippen molar-refractivity contribution in [1.82, 2.24) is 24.9 Å². The van der Waals surface area contributed by atoms with Crippen molar-refractivity contribution in [2.45, 2.75) is 13.0 Å². The summed E-state index contributed by atoms with van der Waals surface area (Å²) in [7, 11) is 1.70. The van der Waals surface area contributed by atoms with Crippen molar-refractivity contribution in [3.8, 4) is 0 Å². The predicted molar refractivity (Wildman–Crippen MR) is 106 cm³/mol. The highest BCUT2D eigenvalue weighted by Gasteiger charge is 2.58. The summed E-state index contributed by atoms with van der Waals surface area (Å²) < 4.78 is 1.99. The number of imide groups is 1. The van der Waals surface area contributed by atoms with Crippen molar-refractivity contribution in [2.24, 2.45) is 28.7 Å². The predicted octanol–water partition coefficient (Wildman–Crippen LogP) is 0.868. The van der Waals surface area contributed by atoms with Gasteiger partial charge < -0.3 is 10.6 Å². The summed E-state index contributed by atoms with van der Waals surface area (Å²) in [6, 6.07) is 0. The van der Waals surface area contributed by atoms with E-state index >= 15 is 0 Å². The zero-order valence-electron chi connectivity index (χ0n) is 15.5. The summed E-state index contributed by atoms with van der Waals surface area (Å²) >= 11 is 1.59. The van der Waals surface area contributed by atoms with Gasteiger partial charge in [-0.15, -0.1) is 11.3 Å². The molecule has 9 heteroatoms. The van der Waals surface area contributed by atoms with Crippen LogP contribution in [-0.4, -0.2) is 52.2 Å². The van der Waals surface area contributed by atoms with E-state index in [4.69, 9.17) is 0 Å². The SMILES string of the molecule is CN=C(NCCN1C(=O)C2C3C=CC(C3)C2C1=O)NCc1cn2ccsc2n1. The number of amides is 2. The van der Waals surface area contributed by atoms with E-state index in [2.05, 4.69) is 32.8 Å². The van der Waals surface area contributed by atoms with E-state index in [9.17, 15) is 9.59 Å². The number of aliphatic imine (C=N–C) groups is 1. The van der Waals surface area contributed by atoms with Crippen LogP contribution in [0.4, 0.5) is 0 Å². The molecular formula is C19H22N6O2S. The molecule has 0 aromatic carbocycles. The quantitative estimate of drug-likeness (QED) is 0.338. The molecule has 1 aliphatic heterocycles. The molecule has 2 aromatic rings. The first-order chi connectivity index (χ1) is 13.7. The number of hydrogen-bond donors (Lipinski definition) is 2. The average molecular weight is 398 g/mol. The molecule has 1 saturated carbocycles. The lowest BCUT2D eigenvalue weighted by atomic mass is 9.85. The number of hydrogen-bond acceptors (Lipinski definition) is 5. The summed E-state index contributed by atoms with van der Waals surface area (Å²) in [5.74, 6) is 0.859. The normalized spacial score (nSPS) is 28.6. The number of rotatable bonds is 5. The minimum absolute atomic E-state index is 0.00493. The van der Waals surface area contributed by atoms with Crippen LogP contribution in [0.15, 0.2) is 34.9 Å². The van der Waals surface area contributed by atoms with Crippen molar-refractivity contribution in [3.63, 3.8) is 0 Å². The van der Waals surface area contributed by atoms with Gasteiger partial charge in [0.15, 0.2) is 10.9 Å². The number of carbonyl (C=O) groups excluding carboxylic acids is 2. The Balaban J connectivity index is 1.13. The van der Waals surface area contributed by atoms with Gasteiger partial charge in [-0.2, -0.15) is 0 Å². The van der Waals surface area contributed by atoms with Crippen LogP contribution in [-0.2, 0) is 16.1 Å². The molecule has 2 N–H and O–H groups in total. The van der Waals surface area contributed by atoms with Crippen molar-refractivity contribution in [2.75, 3.05) is 20.1 Å². The summed E-state index contributed by atoms with van der Waals surface area (Å²) in [6.45, 7) is 1.39. The van der Waals surface area contributed by atoms with Gasteiger partial charge in [-0.1, -0.05) is 12.2 Å². The van der Waals surface area contributed by atoms with E-state index in [1.54, 1.807) is 18.4 Å².